The van der Waals surface area contributed by atoms with E-state index < -0.39 is 0 Å². The molecule has 2 N–H and O–H groups in total. The van der Waals surface area contributed by atoms with Gasteiger partial charge in [0.15, 0.2) is 0 Å². The van der Waals surface area contributed by atoms with Crippen LogP contribution in [0.1, 0.15) is 51.7 Å². The highest BCUT2D eigenvalue weighted by molar-refractivity contribution is 5.69. The van der Waals surface area contributed by atoms with Crippen LogP contribution in [0.3, 0.4) is 0 Å². The number of hydrogen-bond acceptors (Lipinski definition) is 3. The highest BCUT2D eigenvalue weighted by Crippen LogP contribution is 2.29. The van der Waals surface area contributed by atoms with Crippen LogP contribution < -0.4 is 10.6 Å². The summed E-state index contributed by atoms with van der Waals surface area (Å²) in [6.45, 7) is 11.8. The first-order valence-corrected chi connectivity index (χ1v) is 8.17. The summed E-state index contributed by atoms with van der Waals surface area (Å²) in [5.74, 6) is 0. The zero-order valence-electron chi connectivity index (χ0n) is 14.5. The largest absolute Gasteiger partial charge is 0.383 e. The standard InChI is InChI=1S/C18H32N2O/c1-7-9-13(3)20-18-15(5)17(11-10-16(18)8-2)19-14(4)12-21-6/h10-11,13-14,19-20H,7-9,12H2,1-6H3. The number of methoxy groups -OCH3 is 1. The van der Waals surface area contributed by atoms with Crippen LogP contribution in [0.5, 0.6) is 0 Å². The molecule has 1 rings (SSSR count). The van der Waals surface area contributed by atoms with Gasteiger partial charge in [-0.3, -0.25) is 0 Å². The SMILES string of the molecule is CCCC(C)Nc1c(CC)ccc(NC(C)COC)c1C. The van der Waals surface area contributed by atoms with Crippen LogP contribution in [0, 0.1) is 6.92 Å². The van der Waals surface area contributed by atoms with Crippen molar-refractivity contribution in [2.45, 2.75) is 66.0 Å². The smallest absolute Gasteiger partial charge is 0.0661 e. The van der Waals surface area contributed by atoms with Gasteiger partial charge in [0.05, 0.1) is 6.61 Å². The molecule has 0 aliphatic carbocycles. The Morgan fingerprint density at radius 3 is 2.38 bits per heavy atom. The topological polar surface area (TPSA) is 33.3 Å². The second-order valence-corrected chi connectivity index (χ2v) is 5.96. The lowest BCUT2D eigenvalue weighted by atomic mass is 10.0. The molecule has 0 bridgehead atoms. The number of benzene rings is 1. The van der Waals surface area contributed by atoms with E-state index in [9.17, 15) is 0 Å². The Hall–Kier alpha value is -1.22. The summed E-state index contributed by atoms with van der Waals surface area (Å²) in [6.07, 6.45) is 3.45. The molecule has 0 aromatic heterocycles. The van der Waals surface area contributed by atoms with Gasteiger partial charge in [0.2, 0.25) is 0 Å². The van der Waals surface area contributed by atoms with Crippen molar-refractivity contribution in [3.63, 3.8) is 0 Å². The van der Waals surface area contributed by atoms with E-state index in [0.29, 0.717) is 18.7 Å². The average Bonchev–Trinajstić information content (AvgIpc) is 2.44. The van der Waals surface area contributed by atoms with Gasteiger partial charge in [0.25, 0.3) is 0 Å². The molecule has 0 aliphatic rings. The second-order valence-electron chi connectivity index (χ2n) is 5.96. The highest BCUT2D eigenvalue weighted by atomic mass is 16.5. The molecule has 2 atom stereocenters. The molecule has 21 heavy (non-hydrogen) atoms. The molecular weight excluding hydrogens is 260 g/mol. The predicted octanol–water partition coefficient (Wildman–Crippen LogP) is 4.60. The molecule has 0 heterocycles. The van der Waals surface area contributed by atoms with E-state index in [4.69, 9.17) is 4.74 Å². The van der Waals surface area contributed by atoms with Gasteiger partial charge in [-0.25, -0.2) is 0 Å². The summed E-state index contributed by atoms with van der Waals surface area (Å²) in [7, 11) is 1.74. The summed E-state index contributed by atoms with van der Waals surface area (Å²) < 4.78 is 5.21. The monoisotopic (exact) mass is 292 g/mol. The number of nitrogens with one attached hydrogen (secondary N) is 2. The van der Waals surface area contributed by atoms with Gasteiger partial charge in [-0.2, -0.15) is 0 Å². The lowest BCUT2D eigenvalue weighted by Gasteiger charge is -2.23. The highest BCUT2D eigenvalue weighted by Gasteiger charge is 2.12. The molecule has 0 radical (unpaired) electrons. The summed E-state index contributed by atoms with van der Waals surface area (Å²) in [5, 5.41) is 7.25. The first-order valence-electron chi connectivity index (χ1n) is 8.17. The summed E-state index contributed by atoms with van der Waals surface area (Å²) in [6, 6.07) is 5.24. The first kappa shape index (κ1) is 17.8. The molecule has 3 heteroatoms. The van der Waals surface area contributed by atoms with Crippen molar-refractivity contribution < 1.29 is 4.74 Å². The number of hydrogen-bond donors (Lipinski definition) is 2. The predicted molar refractivity (Wildman–Crippen MR) is 93.5 cm³/mol. The third-order valence-corrected chi connectivity index (χ3v) is 3.86. The fraction of sp³-hybridized carbons (Fsp3) is 0.667. The quantitative estimate of drug-likeness (QED) is 0.697. The molecule has 1 aromatic rings. The van der Waals surface area contributed by atoms with Gasteiger partial charge in [0, 0.05) is 30.6 Å². The number of rotatable bonds is 9. The van der Waals surface area contributed by atoms with Gasteiger partial charge >= 0.3 is 0 Å². The minimum absolute atomic E-state index is 0.307. The minimum Gasteiger partial charge on any atom is -0.383 e. The van der Waals surface area contributed by atoms with Crippen LogP contribution >= 0.6 is 0 Å². The Bertz CT molecular complexity index is 431. The Morgan fingerprint density at radius 2 is 1.81 bits per heavy atom. The molecule has 3 nitrogen and oxygen atoms in total. The molecule has 0 amide bonds. The van der Waals surface area contributed by atoms with Crippen molar-refractivity contribution in [1.29, 1.82) is 0 Å². The normalized spacial score (nSPS) is 13.8. The van der Waals surface area contributed by atoms with Crippen molar-refractivity contribution >= 4 is 11.4 Å². The third kappa shape index (κ3) is 5.24. The van der Waals surface area contributed by atoms with Crippen LogP contribution in [0.25, 0.3) is 0 Å². The number of ether oxygens (including phenoxy) is 1. The lowest BCUT2D eigenvalue weighted by Crippen LogP contribution is -2.22. The van der Waals surface area contributed by atoms with E-state index in [1.54, 1.807) is 7.11 Å². The summed E-state index contributed by atoms with van der Waals surface area (Å²) in [5.41, 5.74) is 5.19. The molecule has 0 spiro atoms. The molecule has 2 unspecified atom stereocenters. The van der Waals surface area contributed by atoms with Crippen molar-refractivity contribution in [2.75, 3.05) is 24.4 Å². The zero-order chi connectivity index (χ0) is 15.8. The fourth-order valence-corrected chi connectivity index (χ4v) is 2.73. The molecular formula is C18H32N2O. The Balaban J connectivity index is 2.97. The summed E-state index contributed by atoms with van der Waals surface area (Å²) >= 11 is 0. The van der Waals surface area contributed by atoms with Gasteiger partial charge in [-0.05, 0) is 50.8 Å². The first-order chi connectivity index (χ1) is 10.0. The average molecular weight is 292 g/mol. The maximum absolute atomic E-state index is 5.21. The Labute approximate surface area is 130 Å². The van der Waals surface area contributed by atoms with Crippen LogP contribution in [0.4, 0.5) is 11.4 Å². The second kappa shape index (κ2) is 8.93. The number of aryl methyl sites for hydroxylation is 1. The molecule has 0 fully saturated rings. The van der Waals surface area contributed by atoms with Gasteiger partial charge in [-0.1, -0.05) is 26.3 Å². The molecule has 1 aromatic carbocycles. The third-order valence-electron chi connectivity index (χ3n) is 3.86. The summed E-state index contributed by atoms with van der Waals surface area (Å²) in [4.78, 5) is 0. The van der Waals surface area contributed by atoms with E-state index in [1.165, 1.54) is 35.3 Å². The fourth-order valence-electron chi connectivity index (χ4n) is 2.73. The Kier molecular flexibility index (Phi) is 7.58. The van der Waals surface area contributed by atoms with Crippen LogP contribution in [-0.4, -0.2) is 25.8 Å². The number of anilines is 2. The van der Waals surface area contributed by atoms with Crippen LogP contribution in [0.15, 0.2) is 12.1 Å². The van der Waals surface area contributed by atoms with Crippen LogP contribution in [-0.2, 0) is 11.2 Å². The molecule has 0 saturated heterocycles. The molecule has 120 valence electrons. The Morgan fingerprint density at radius 1 is 1.10 bits per heavy atom. The maximum Gasteiger partial charge on any atom is 0.0661 e. The minimum atomic E-state index is 0.307. The maximum atomic E-state index is 5.21. The van der Waals surface area contributed by atoms with Crippen LogP contribution in [0.2, 0.25) is 0 Å². The van der Waals surface area contributed by atoms with E-state index in [-0.39, 0.29) is 0 Å². The lowest BCUT2D eigenvalue weighted by molar-refractivity contribution is 0.190. The van der Waals surface area contributed by atoms with Gasteiger partial charge in [0.1, 0.15) is 0 Å². The molecule has 0 saturated carbocycles. The van der Waals surface area contributed by atoms with E-state index >= 15 is 0 Å². The van der Waals surface area contributed by atoms with E-state index in [1.807, 2.05) is 0 Å². The van der Waals surface area contributed by atoms with Crippen molar-refractivity contribution in [1.82, 2.24) is 0 Å². The molecule has 0 aliphatic heterocycles. The van der Waals surface area contributed by atoms with Crippen molar-refractivity contribution in [3.8, 4) is 0 Å². The zero-order valence-corrected chi connectivity index (χ0v) is 14.5. The van der Waals surface area contributed by atoms with Crippen molar-refractivity contribution in [3.05, 3.63) is 23.3 Å². The van der Waals surface area contributed by atoms with E-state index in [0.717, 1.165) is 6.42 Å². The van der Waals surface area contributed by atoms with E-state index in [2.05, 4.69) is 57.4 Å². The van der Waals surface area contributed by atoms with Crippen molar-refractivity contribution in [2.24, 2.45) is 0 Å². The van der Waals surface area contributed by atoms with Gasteiger partial charge < -0.3 is 15.4 Å². The van der Waals surface area contributed by atoms with Gasteiger partial charge in [-0.15, -0.1) is 0 Å².